The van der Waals surface area contributed by atoms with E-state index in [0.717, 1.165) is 12.8 Å². The lowest BCUT2D eigenvalue weighted by molar-refractivity contribution is 0.559. The molecule has 0 aromatic heterocycles. The van der Waals surface area contributed by atoms with Crippen LogP contribution in [0.3, 0.4) is 0 Å². The first kappa shape index (κ1) is 14.0. The molecule has 1 saturated carbocycles. The van der Waals surface area contributed by atoms with Gasteiger partial charge in [0, 0.05) is 0 Å². The van der Waals surface area contributed by atoms with Gasteiger partial charge in [0.1, 0.15) is 11.9 Å². The summed E-state index contributed by atoms with van der Waals surface area (Å²) < 4.78 is 27.1. The molecule has 0 radical (unpaired) electrons. The second kappa shape index (κ2) is 5.71. The highest BCUT2D eigenvalue weighted by Gasteiger charge is 2.31. The summed E-state index contributed by atoms with van der Waals surface area (Å²) in [4.78, 5) is 0. The van der Waals surface area contributed by atoms with Gasteiger partial charge >= 0.3 is 0 Å². The molecule has 1 fully saturated rings. The van der Waals surface area contributed by atoms with Crippen molar-refractivity contribution in [3.63, 3.8) is 0 Å². The van der Waals surface area contributed by atoms with Crippen LogP contribution in [0.5, 0.6) is 0 Å². The molecule has 1 aliphatic carbocycles. The molecule has 1 aromatic carbocycles. The predicted octanol–water partition coefficient (Wildman–Crippen LogP) is 1.53. The van der Waals surface area contributed by atoms with Crippen LogP contribution in [-0.2, 0) is 10.0 Å². The minimum atomic E-state index is -3.42. The van der Waals surface area contributed by atoms with Gasteiger partial charge in [-0.05, 0) is 18.4 Å². The van der Waals surface area contributed by atoms with E-state index in [4.69, 9.17) is 11.1 Å². The summed E-state index contributed by atoms with van der Waals surface area (Å²) in [6.07, 6.45) is 3.27. The van der Waals surface area contributed by atoms with E-state index in [0.29, 0.717) is 18.4 Å². The Balaban J connectivity index is 2.20. The Morgan fingerprint density at radius 3 is 2.37 bits per heavy atom. The van der Waals surface area contributed by atoms with Gasteiger partial charge in [0.25, 0.3) is 0 Å². The lowest BCUT2D eigenvalue weighted by atomic mass is 10.1. The molecule has 0 spiro atoms. The zero-order valence-electron chi connectivity index (χ0n) is 10.7. The summed E-state index contributed by atoms with van der Waals surface area (Å²) in [5, 5.41) is 7.24. The Bertz CT molecular complexity index is 536. The van der Waals surface area contributed by atoms with Gasteiger partial charge < -0.3 is 5.73 Å². The van der Waals surface area contributed by atoms with Gasteiger partial charge in [-0.15, -0.1) is 0 Å². The maximum absolute atomic E-state index is 12.3. The maximum atomic E-state index is 12.3. The van der Waals surface area contributed by atoms with Crippen LogP contribution in [0.4, 0.5) is 0 Å². The van der Waals surface area contributed by atoms with Crippen LogP contribution in [-0.4, -0.2) is 19.5 Å². The molecule has 0 saturated heterocycles. The van der Waals surface area contributed by atoms with Crippen molar-refractivity contribution in [2.45, 2.75) is 37.0 Å². The van der Waals surface area contributed by atoms with E-state index in [-0.39, 0.29) is 11.1 Å². The van der Waals surface area contributed by atoms with Crippen molar-refractivity contribution in [2.24, 2.45) is 5.73 Å². The third-order valence-corrected chi connectivity index (χ3v) is 5.38. The Hall–Kier alpha value is -1.40. The van der Waals surface area contributed by atoms with Gasteiger partial charge in [-0.25, -0.2) is 8.42 Å². The number of rotatable bonds is 5. The molecule has 19 heavy (non-hydrogen) atoms. The topological polar surface area (TPSA) is 96.0 Å². The number of nitrogens with one attached hydrogen (secondary N) is 2. The summed E-state index contributed by atoms with van der Waals surface area (Å²) in [6.45, 7) is 0. The molecule has 104 valence electrons. The molecule has 0 aliphatic heterocycles. The smallest absolute Gasteiger partial charge is 0.215 e. The first-order valence-electron chi connectivity index (χ1n) is 6.41. The van der Waals surface area contributed by atoms with E-state index in [1.54, 1.807) is 24.3 Å². The minimum absolute atomic E-state index is 0.187. The zero-order valence-corrected chi connectivity index (χ0v) is 11.5. The molecular weight excluding hydrogens is 262 g/mol. The molecule has 1 unspecified atom stereocenters. The summed E-state index contributed by atoms with van der Waals surface area (Å²) in [5.74, 6) is -0.187. The monoisotopic (exact) mass is 281 g/mol. The van der Waals surface area contributed by atoms with Crippen molar-refractivity contribution in [1.29, 1.82) is 5.41 Å². The largest absolute Gasteiger partial charge is 0.386 e. The van der Waals surface area contributed by atoms with Crippen molar-refractivity contribution in [1.82, 2.24) is 4.72 Å². The molecule has 1 aliphatic rings. The average molecular weight is 281 g/mol. The fraction of sp³-hybridized carbons (Fsp3) is 0.462. The first-order valence-corrected chi connectivity index (χ1v) is 7.95. The second-order valence-electron chi connectivity index (χ2n) is 4.87. The fourth-order valence-corrected chi connectivity index (χ4v) is 4.15. The van der Waals surface area contributed by atoms with E-state index < -0.39 is 16.1 Å². The van der Waals surface area contributed by atoms with Crippen molar-refractivity contribution >= 4 is 15.9 Å². The SMILES string of the molecule is N=C(N)C(NS(=O)(=O)C1CCCC1)c1ccccc1. The van der Waals surface area contributed by atoms with E-state index >= 15 is 0 Å². The highest BCUT2D eigenvalue weighted by Crippen LogP contribution is 2.25. The van der Waals surface area contributed by atoms with Gasteiger partial charge in [-0.2, -0.15) is 4.72 Å². The third kappa shape index (κ3) is 3.33. The van der Waals surface area contributed by atoms with E-state index in [1.165, 1.54) is 0 Å². The quantitative estimate of drug-likeness (QED) is 0.564. The van der Waals surface area contributed by atoms with Gasteiger partial charge in [0.15, 0.2) is 0 Å². The summed E-state index contributed by atoms with van der Waals surface area (Å²) >= 11 is 0. The van der Waals surface area contributed by atoms with Crippen LogP contribution in [0.2, 0.25) is 0 Å². The number of amidine groups is 1. The van der Waals surface area contributed by atoms with Gasteiger partial charge in [0.2, 0.25) is 10.0 Å². The average Bonchev–Trinajstić information content (AvgIpc) is 2.91. The van der Waals surface area contributed by atoms with Crippen molar-refractivity contribution in [2.75, 3.05) is 0 Å². The molecule has 4 N–H and O–H groups in total. The van der Waals surface area contributed by atoms with E-state index in [9.17, 15) is 8.42 Å². The molecule has 0 heterocycles. The van der Waals surface area contributed by atoms with E-state index in [2.05, 4.69) is 4.72 Å². The first-order chi connectivity index (χ1) is 9.00. The lowest BCUT2D eigenvalue weighted by Gasteiger charge is -2.20. The summed E-state index contributed by atoms with van der Waals surface area (Å²) in [5.41, 5.74) is 6.22. The minimum Gasteiger partial charge on any atom is -0.386 e. The van der Waals surface area contributed by atoms with Gasteiger partial charge in [-0.3, -0.25) is 5.41 Å². The molecule has 0 bridgehead atoms. The summed E-state index contributed by atoms with van der Waals surface area (Å²) in [7, 11) is -3.42. The number of hydrogen-bond acceptors (Lipinski definition) is 3. The van der Waals surface area contributed by atoms with Gasteiger partial charge in [0.05, 0.1) is 5.25 Å². The van der Waals surface area contributed by atoms with Crippen LogP contribution in [0.1, 0.15) is 37.3 Å². The standard InChI is InChI=1S/C13H19N3O2S/c14-13(15)12(10-6-2-1-3-7-10)16-19(17,18)11-8-4-5-9-11/h1-3,6-7,11-12,16H,4-5,8-9H2,(H3,14,15). The van der Waals surface area contributed by atoms with Crippen molar-refractivity contribution in [3.05, 3.63) is 35.9 Å². The molecular formula is C13H19N3O2S. The Morgan fingerprint density at radius 1 is 1.26 bits per heavy atom. The third-order valence-electron chi connectivity index (χ3n) is 3.47. The van der Waals surface area contributed by atoms with Crippen LogP contribution in [0.25, 0.3) is 0 Å². The maximum Gasteiger partial charge on any atom is 0.215 e. The molecule has 6 heteroatoms. The molecule has 5 nitrogen and oxygen atoms in total. The number of benzene rings is 1. The highest BCUT2D eigenvalue weighted by molar-refractivity contribution is 7.90. The normalized spacial score (nSPS) is 18.3. The molecule has 1 aromatic rings. The highest BCUT2D eigenvalue weighted by atomic mass is 32.2. The number of hydrogen-bond donors (Lipinski definition) is 3. The van der Waals surface area contributed by atoms with Crippen molar-refractivity contribution in [3.8, 4) is 0 Å². The molecule has 2 rings (SSSR count). The van der Waals surface area contributed by atoms with Crippen LogP contribution in [0.15, 0.2) is 30.3 Å². The van der Waals surface area contributed by atoms with E-state index in [1.807, 2.05) is 6.07 Å². The van der Waals surface area contributed by atoms with Gasteiger partial charge in [-0.1, -0.05) is 43.2 Å². The number of sulfonamides is 1. The zero-order chi connectivity index (χ0) is 13.9. The Morgan fingerprint density at radius 2 is 1.84 bits per heavy atom. The molecule has 0 amide bonds. The summed E-state index contributed by atoms with van der Waals surface area (Å²) in [6, 6.07) is 8.20. The second-order valence-corrected chi connectivity index (χ2v) is 6.86. The molecule has 1 atom stereocenters. The van der Waals surface area contributed by atoms with Crippen LogP contribution >= 0.6 is 0 Å². The predicted molar refractivity (Wildman–Crippen MR) is 75.4 cm³/mol. The Kier molecular flexibility index (Phi) is 4.21. The van der Waals surface area contributed by atoms with Crippen LogP contribution < -0.4 is 10.5 Å². The fourth-order valence-electron chi connectivity index (χ4n) is 2.42. The Labute approximate surface area is 113 Å². The van der Waals surface area contributed by atoms with Crippen LogP contribution in [0, 0.1) is 5.41 Å². The van der Waals surface area contributed by atoms with Crippen molar-refractivity contribution < 1.29 is 8.42 Å². The lowest BCUT2D eigenvalue weighted by Crippen LogP contribution is -2.41. The number of nitrogens with two attached hydrogens (primary N) is 1.